The van der Waals surface area contributed by atoms with E-state index in [0.29, 0.717) is 13.0 Å². The van der Waals surface area contributed by atoms with Gasteiger partial charge in [-0.2, -0.15) is 0 Å². The molecule has 0 bridgehead atoms. The molecule has 0 atom stereocenters. The summed E-state index contributed by atoms with van der Waals surface area (Å²) in [6.07, 6.45) is 0.708. The van der Waals surface area contributed by atoms with Crippen LogP contribution < -0.4 is 5.32 Å². The van der Waals surface area contributed by atoms with Crippen LogP contribution in [0.4, 0.5) is 4.39 Å². The Morgan fingerprint density at radius 3 is 2.57 bits per heavy atom. The van der Waals surface area contributed by atoms with Crippen LogP contribution in [0.1, 0.15) is 19.4 Å². The van der Waals surface area contributed by atoms with Crippen LogP contribution in [0.2, 0.25) is 0 Å². The van der Waals surface area contributed by atoms with Crippen molar-refractivity contribution in [1.82, 2.24) is 15.1 Å². The molecule has 1 aromatic carbocycles. The van der Waals surface area contributed by atoms with Gasteiger partial charge < -0.3 is 15.1 Å². The maximum atomic E-state index is 13.2. The van der Waals surface area contributed by atoms with Gasteiger partial charge in [-0.3, -0.25) is 9.79 Å². The van der Waals surface area contributed by atoms with Crippen molar-refractivity contribution in [1.29, 1.82) is 0 Å². The number of aliphatic imine (C=N–C) groups is 1. The summed E-state index contributed by atoms with van der Waals surface area (Å²) in [5.74, 6) is 0.781. The maximum Gasteiger partial charge on any atom is 0.219 e. The van der Waals surface area contributed by atoms with E-state index in [4.69, 9.17) is 0 Å². The first-order chi connectivity index (χ1) is 11.1. The predicted molar refractivity (Wildman–Crippen MR) is 89.9 cm³/mol. The maximum absolute atomic E-state index is 13.2. The summed E-state index contributed by atoms with van der Waals surface area (Å²) >= 11 is 0. The summed E-state index contributed by atoms with van der Waals surface area (Å²) in [5.41, 5.74) is 0.950. The molecule has 0 spiro atoms. The molecule has 1 heterocycles. The van der Waals surface area contributed by atoms with E-state index in [0.717, 1.165) is 44.2 Å². The standard InChI is InChI=1S/C17H25FN4O/c1-3-19-17(22-11-9-21(10-12-22)14(2)23)20-8-7-15-5-4-6-16(18)13-15/h4-6,13H,3,7-12H2,1-2H3,(H,19,20). The van der Waals surface area contributed by atoms with Crippen LogP contribution in [0.3, 0.4) is 0 Å². The number of carbonyl (C=O) groups excluding carboxylic acids is 1. The van der Waals surface area contributed by atoms with Crippen molar-refractivity contribution >= 4 is 11.9 Å². The van der Waals surface area contributed by atoms with Crippen LogP contribution in [-0.2, 0) is 11.2 Å². The van der Waals surface area contributed by atoms with Crippen LogP contribution in [0.25, 0.3) is 0 Å². The normalized spacial score (nSPS) is 15.7. The second kappa shape index (κ2) is 8.50. The van der Waals surface area contributed by atoms with E-state index in [9.17, 15) is 9.18 Å². The van der Waals surface area contributed by atoms with Gasteiger partial charge in [0.1, 0.15) is 5.82 Å². The lowest BCUT2D eigenvalue weighted by Gasteiger charge is -2.36. The van der Waals surface area contributed by atoms with Crippen molar-refractivity contribution in [3.05, 3.63) is 35.6 Å². The number of nitrogens with one attached hydrogen (secondary N) is 1. The zero-order valence-corrected chi connectivity index (χ0v) is 13.9. The Bertz CT molecular complexity index is 553. The van der Waals surface area contributed by atoms with Crippen molar-refractivity contribution in [3.8, 4) is 0 Å². The highest BCUT2D eigenvalue weighted by atomic mass is 19.1. The number of hydrogen-bond donors (Lipinski definition) is 1. The minimum Gasteiger partial charge on any atom is -0.357 e. The molecule has 0 saturated carbocycles. The molecule has 1 aliphatic heterocycles. The Morgan fingerprint density at radius 1 is 1.26 bits per heavy atom. The number of halogens is 1. The van der Waals surface area contributed by atoms with Gasteiger partial charge in [-0.15, -0.1) is 0 Å². The van der Waals surface area contributed by atoms with Crippen molar-refractivity contribution in [2.75, 3.05) is 39.3 Å². The van der Waals surface area contributed by atoms with Gasteiger partial charge >= 0.3 is 0 Å². The Morgan fingerprint density at radius 2 is 1.96 bits per heavy atom. The summed E-state index contributed by atoms with van der Waals surface area (Å²) in [4.78, 5) is 20.1. The summed E-state index contributed by atoms with van der Waals surface area (Å²) in [7, 11) is 0. The van der Waals surface area contributed by atoms with Gasteiger partial charge in [0.05, 0.1) is 0 Å². The molecule has 1 fully saturated rings. The summed E-state index contributed by atoms with van der Waals surface area (Å²) in [6, 6.07) is 6.64. The molecule has 0 aromatic heterocycles. The third kappa shape index (κ3) is 5.23. The Labute approximate surface area is 137 Å². The average Bonchev–Trinajstić information content (AvgIpc) is 2.54. The predicted octanol–water partition coefficient (Wildman–Crippen LogP) is 1.50. The number of benzene rings is 1. The van der Waals surface area contributed by atoms with E-state index < -0.39 is 0 Å². The van der Waals surface area contributed by atoms with E-state index in [1.54, 1.807) is 19.1 Å². The third-order valence-electron chi connectivity index (χ3n) is 3.91. The van der Waals surface area contributed by atoms with Crippen LogP contribution in [0.5, 0.6) is 0 Å². The van der Waals surface area contributed by atoms with Gasteiger partial charge in [0.15, 0.2) is 5.96 Å². The molecule has 2 rings (SSSR count). The SMILES string of the molecule is CCNC(=NCCc1cccc(F)c1)N1CCN(C(C)=O)CC1. The smallest absolute Gasteiger partial charge is 0.219 e. The first-order valence-corrected chi connectivity index (χ1v) is 8.13. The largest absolute Gasteiger partial charge is 0.357 e. The Hall–Kier alpha value is -2.11. The van der Waals surface area contributed by atoms with Crippen LogP contribution >= 0.6 is 0 Å². The lowest BCUT2D eigenvalue weighted by Crippen LogP contribution is -2.53. The first-order valence-electron chi connectivity index (χ1n) is 8.13. The lowest BCUT2D eigenvalue weighted by atomic mass is 10.1. The molecule has 6 heteroatoms. The van der Waals surface area contributed by atoms with Gasteiger partial charge in [0.25, 0.3) is 0 Å². The third-order valence-corrected chi connectivity index (χ3v) is 3.91. The van der Waals surface area contributed by atoms with E-state index >= 15 is 0 Å². The molecule has 0 radical (unpaired) electrons. The Kier molecular flexibility index (Phi) is 6.38. The van der Waals surface area contributed by atoms with E-state index in [-0.39, 0.29) is 11.7 Å². The number of hydrogen-bond acceptors (Lipinski definition) is 2. The van der Waals surface area contributed by atoms with Crippen molar-refractivity contribution in [2.45, 2.75) is 20.3 Å². The van der Waals surface area contributed by atoms with Gasteiger partial charge in [0, 0.05) is 46.2 Å². The zero-order chi connectivity index (χ0) is 16.7. The fraction of sp³-hybridized carbons (Fsp3) is 0.529. The minimum absolute atomic E-state index is 0.123. The summed E-state index contributed by atoms with van der Waals surface area (Å²) in [5, 5.41) is 3.29. The van der Waals surface area contributed by atoms with Gasteiger partial charge in [-0.1, -0.05) is 12.1 Å². The molecule has 5 nitrogen and oxygen atoms in total. The molecule has 1 aromatic rings. The molecule has 1 N–H and O–H groups in total. The topological polar surface area (TPSA) is 47.9 Å². The molecular formula is C17H25FN4O. The quantitative estimate of drug-likeness (QED) is 0.675. The highest BCUT2D eigenvalue weighted by molar-refractivity contribution is 5.80. The molecule has 126 valence electrons. The monoisotopic (exact) mass is 320 g/mol. The summed E-state index contributed by atoms with van der Waals surface area (Å²) in [6.45, 7) is 8.07. The van der Waals surface area contributed by atoms with E-state index in [1.165, 1.54) is 6.07 Å². The van der Waals surface area contributed by atoms with E-state index in [1.807, 2.05) is 17.9 Å². The van der Waals surface area contributed by atoms with Gasteiger partial charge in [-0.25, -0.2) is 4.39 Å². The lowest BCUT2D eigenvalue weighted by molar-refractivity contribution is -0.130. The fourth-order valence-corrected chi connectivity index (χ4v) is 2.64. The highest BCUT2D eigenvalue weighted by Crippen LogP contribution is 2.06. The van der Waals surface area contributed by atoms with Crippen LogP contribution in [-0.4, -0.2) is 60.9 Å². The fourth-order valence-electron chi connectivity index (χ4n) is 2.64. The number of piperazine rings is 1. The number of nitrogens with zero attached hydrogens (tertiary/aromatic N) is 3. The van der Waals surface area contributed by atoms with Crippen LogP contribution in [0.15, 0.2) is 29.3 Å². The number of guanidine groups is 1. The molecule has 1 aliphatic rings. The summed E-state index contributed by atoms with van der Waals surface area (Å²) < 4.78 is 13.2. The average molecular weight is 320 g/mol. The molecule has 0 aliphatic carbocycles. The van der Waals surface area contributed by atoms with Crippen molar-refractivity contribution in [3.63, 3.8) is 0 Å². The van der Waals surface area contributed by atoms with Crippen molar-refractivity contribution in [2.24, 2.45) is 4.99 Å². The second-order valence-electron chi connectivity index (χ2n) is 5.61. The number of rotatable bonds is 4. The van der Waals surface area contributed by atoms with E-state index in [2.05, 4.69) is 15.2 Å². The molecule has 1 saturated heterocycles. The van der Waals surface area contributed by atoms with Crippen LogP contribution in [0, 0.1) is 5.82 Å². The molecule has 23 heavy (non-hydrogen) atoms. The van der Waals surface area contributed by atoms with Crippen molar-refractivity contribution < 1.29 is 9.18 Å². The Balaban J connectivity index is 1.91. The number of amides is 1. The first kappa shape index (κ1) is 17.2. The molecule has 0 unspecified atom stereocenters. The van der Waals surface area contributed by atoms with Gasteiger partial charge in [0.2, 0.25) is 5.91 Å². The molecular weight excluding hydrogens is 295 g/mol. The number of carbonyl (C=O) groups is 1. The second-order valence-corrected chi connectivity index (χ2v) is 5.61. The minimum atomic E-state index is -0.209. The zero-order valence-electron chi connectivity index (χ0n) is 13.9. The van der Waals surface area contributed by atoms with Gasteiger partial charge in [-0.05, 0) is 31.0 Å². The highest BCUT2D eigenvalue weighted by Gasteiger charge is 2.20. The molecule has 1 amide bonds.